The van der Waals surface area contributed by atoms with Gasteiger partial charge in [0.15, 0.2) is 18.3 Å². The molecule has 0 aliphatic carbocycles. The topological polar surface area (TPSA) is 61.6 Å². The minimum Gasteiger partial charge on any atom is -0.482 e. The van der Waals surface area contributed by atoms with E-state index in [0.29, 0.717) is 18.1 Å². The van der Waals surface area contributed by atoms with E-state index in [2.05, 4.69) is 67.1 Å². The van der Waals surface area contributed by atoms with Crippen molar-refractivity contribution in [1.29, 1.82) is 0 Å². The summed E-state index contributed by atoms with van der Waals surface area (Å²) in [7, 11) is 1.34. The molecule has 4 aromatic rings. The molecule has 0 bridgehead atoms. The molecule has 5 nitrogen and oxygen atoms in total. The summed E-state index contributed by atoms with van der Waals surface area (Å²) in [5.74, 6) is 1.68. The number of hydrogen-bond donors (Lipinski definition) is 0. The molecule has 3 aromatic carbocycles. The third-order valence-electron chi connectivity index (χ3n) is 5.42. The molecular formula is C28H27NO4. The third-order valence-corrected chi connectivity index (χ3v) is 5.42. The second kappa shape index (κ2) is 10.2. The Morgan fingerprint density at radius 1 is 0.879 bits per heavy atom. The number of ether oxygens (including phenoxy) is 2. The summed E-state index contributed by atoms with van der Waals surface area (Å²) in [5.41, 5.74) is 6.36. The van der Waals surface area contributed by atoms with Crippen molar-refractivity contribution in [2.75, 3.05) is 13.7 Å². The number of carbonyl (C=O) groups excluding carboxylic acids is 1. The average molecular weight is 442 g/mol. The van der Waals surface area contributed by atoms with Crippen LogP contribution in [0.3, 0.4) is 0 Å². The number of hydrogen-bond acceptors (Lipinski definition) is 5. The second-order valence-corrected chi connectivity index (χ2v) is 8.03. The molecule has 1 heterocycles. The first-order valence-corrected chi connectivity index (χ1v) is 10.9. The van der Waals surface area contributed by atoms with Crippen LogP contribution in [0.15, 0.2) is 77.2 Å². The standard InChI is InChI=1S/C28H27NO4/c1-19-7-12-22(13-8-19)27-28(23-14-9-20(2)10-15-23)33-25(29-27)16-11-21-5-4-6-24(17-21)32-18-26(30)31-3/h4-10,12-15,17H,11,16,18H2,1-3H3. The highest BCUT2D eigenvalue weighted by Crippen LogP contribution is 2.33. The van der Waals surface area contributed by atoms with Crippen LogP contribution in [0.4, 0.5) is 0 Å². The zero-order chi connectivity index (χ0) is 23.2. The number of nitrogens with zero attached hydrogens (tertiary/aromatic N) is 1. The molecule has 0 aliphatic heterocycles. The van der Waals surface area contributed by atoms with Crippen LogP contribution in [-0.2, 0) is 22.4 Å². The maximum absolute atomic E-state index is 11.3. The zero-order valence-electron chi connectivity index (χ0n) is 19.1. The van der Waals surface area contributed by atoms with Gasteiger partial charge in [-0.05, 0) is 38.0 Å². The van der Waals surface area contributed by atoms with Gasteiger partial charge in [-0.15, -0.1) is 0 Å². The summed E-state index contributed by atoms with van der Waals surface area (Å²) >= 11 is 0. The largest absolute Gasteiger partial charge is 0.482 e. The van der Waals surface area contributed by atoms with Gasteiger partial charge in [0.2, 0.25) is 0 Å². The van der Waals surface area contributed by atoms with Crippen molar-refractivity contribution in [3.8, 4) is 28.3 Å². The van der Waals surface area contributed by atoms with Crippen LogP contribution in [-0.4, -0.2) is 24.7 Å². The molecule has 5 heteroatoms. The van der Waals surface area contributed by atoms with Crippen molar-refractivity contribution in [3.63, 3.8) is 0 Å². The fraction of sp³-hybridized carbons (Fsp3) is 0.214. The van der Waals surface area contributed by atoms with E-state index in [-0.39, 0.29) is 6.61 Å². The Hall–Kier alpha value is -3.86. The van der Waals surface area contributed by atoms with Crippen molar-refractivity contribution in [3.05, 3.63) is 95.4 Å². The lowest BCUT2D eigenvalue weighted by atomic mass is 10.0. The number of rotatable bonds is 8. The van der Waals surface area contributed by atoms with Crippen LogP contribution in [0, 0.1) is 13.8 Å². The summed E-state index contributed by atoms with van der Waals surface area (Å²) in [6.45, 7) is 4.03. The van der Waals surface area contributed by atoms with Crippen molar-refractivity contribution >= 4 is 5.97 Å². The first-order valence-electron chi connectivity index (χ1n) is 10.9. The first kappa shape index (κ1) is 22.3. The van der Waals surface area contributed by atoms with Gasteiger partial charge in [-0.1, -0.05) is 71.8 Å². The van der Waals surface area contributed by atoms with Gasteiger partial charge < -0.3 is 13.9 Å². The molecule has 0 radical (unpaired) electrons. The quantitative estimate of drug-likeness (QED) is 0.316. The van der Waals surface area contributed by atoms with Gasteiger partial charge in [0, 0.05) is 17.5 Å². The molecule has 0 aliphatic rings. The Morgan fingerprint density at radius 3 is 2.21 bits per heavy atom. The molecule has 0 amide bonds. The molecule has 168 valence electrons. The predicted molar refractivity (Wildman–Crippen MR) is 128 cm³/mol. The molecule has 0 N–H and O–H groups in total. The minimum atomic E-state index is -0.410. The Balaban J connectivity index is 1.56. The van der Waals surface area contributed by atoms with Crippen LogP contribution in [0.5, 0.6) is 5.75 Å². The summed E-state index contributed by atoms with van der Waals surface area (Å²) in [6.07, 6.45) is 1.38. The summed E-state index contributed by atoms with van der Waals surface area (Å²) < 4.78 is 16.4. The van der Waals surface area contributed by atoms with E-state index in [9.17, 15) is 4.79 Å². The van der Waals surface area contributed by atoms with E-state index in [4.69, 9.17) is 14.1 Å². The number of carbonyl (C=O) groups is 1. The van der Waals surface area contributed by atoms with Gasteiger partial charge in [-0.25, -0.2) is 9.78 Å². The van der Waals surface area contributed by atoms with Gasteiger partial charge in [0.05, 0.1) is 7.11 Å². The maximum Gasteiger partial charge on any atom is 0.343 e. The predicted octanol–water partition coefficient (Wildman–Crippen LogP) is 5.96. The molecule has 33 heavy (non-hydrogen) atoms. The van der Waals surface area contributed by atoms with E-state index >= 15 is 0 Å². The molecule has 0 unspecified atom stereocenters. The number of esters is 1. The van der Waals surface area contributed by atoms with E-state index in [1.54, 1.807) is 0 Å². The fourth-order valence-electron chi connectivity index (χ4n) is 3.52. The lowest BCUT2D eigenvalue weighted by molar-refractivity contribution is -0.142. The SMILES string of the molecule is COC(=O)COc1cccc(CCc2nc(-c3ccc(C)cc3)c(-c3ccc(C)cc3)o2)c1. The van der Waals surface area contributed by atoms with Gasteiger partial charge in [0.1, 0.15) is 11.4 Å². The zero-order valence-corrected chi connectivity index (χ0v) is 19.1. The number of methoxy groups -OCH3 is 1. The highest BCUT2D eigenvalue weighted by molar-refractivity contribution is 5.77. The van der Waals surface area contributed by atoms with Crippen LogP contribution in [0.2, 0.25) is 0 Å². The maximum atomic E-state index is 11.3. The molecular weight excluding hydrogens is 414 g/mol. The van der Waals surface area contributed by atoms with Crippen molar-refractivity contribution in [1.82, 2.24) is 4.98 Å². The number of aryl methyl sites for hydroxylation is 4. The summed E-state index contributed by atoms with van der Waals surface area (Å²) in [4.78, 5) is 16.2. The molecule has 0 saturated heterocycles. The highest BCUT2D eigenvalue weighted by Gasteiger charge is 2.17. The summed E-state index contributed by atoms with van der Waals surface area (Å²) in [5, 5.41) is 0. The van der Waals surface area contributed by atoms with Crippen LogP contribution >= 0.6 is 0 Å². The van der Waals surface area contributed by atoms with Crippen molar-refractivity contribution < 1.29 is 18.7 Å². The number of aromatic nitrogens is 1. The van der Waals surface area contributed by atoms with Crippen LogP contribution in [0.25, 0.3) is 22.6 Å². The Kier molecular flexibility index (Phi) is 6.89. The van der Waals surface area contributed by atoms with Crippen LogP contribution in [0.1, 0.15) is 22.6 Å². The van der Waals surface area contributed by atoms with Gasteiger partial charge in [-0.2, -0.15) is 0 Å². The molecule has 0 atom stereocenters. The Morgan fingerprint density at radius 2 is 1.55 bits per heavy atom. The number of benzene rings is 3. The normalized spacial score (nSPS) is 10.8. The van der Waals surface area contributed by atoms with E-state index in [1.165, 1.54) is 18.2 Å². The summed E-state index contributed by atoms with van der Waals surface area (Å²) in [6, 6.07) is 24.3. The third kappa shape index (κ3) is 5.69. The molecule has 0 spiro atoms. The molecule has 4 rings (SSSR count). The number of oxazole rings is 1. The van der Waals surface area contributed by atoms with Gasteiger partial charge in [0.25, 0.3) is 0 Å². The lowest BCUT2D eigenvalue weighted by Gasteiger charge is -2.06. The highest BCUT2D eigenvalue weighted by atomic mass is 16.6. The smallest absolute Gasteiger partial charge is 0.343 e. The molecule has 0 saturated carbocycles. The molecule has 1 aromatic heterocycles. The second-order valence-electron chi connectivity index (χ2n) is 8.03. The van der Waals surface area contributed by atoms with Crippen LogP contribution < -0.4 is 4.74 Å². The first-order chi connectivity index (χ1) is 16.0. The average Bonchev–Trinajstić information content (AvgIpc) is 3.26. The van der Waals surface area contributed by atoms with Gasteiger partial charge in [-0.3, -0.25) is 0 Å². The Labute approximate surface area is 194 Å². The lowest BCUT2D eigenvalue weighted by Crippen LogP contribution is -2.12. The Bertz CT molecular complexity index is 1160. The minimum absolute atomic E-state index is 0.112. The van der Waals surface area contributed by atoms with E-state index < -0.39 is 5.97 Å². The van der Waals surface area contributed by atoms with Crippen molar-refractivity contribution in [2.45, 2.75) is 26.7 Å². The molecule has 0 fully saturated rings. The fourth-order valence-corrected chi connectivity index (χ4v) is 3.52. The monoisotopic (exact) mass is 441 g/mol. The van der Waals surface area contributed by atoms with E-state index in [0.717, 1.165) is 34.6 Å². The van der Waals surface area contributed by atoms with Gasteiger partial charge >= 0.3 is 5.97 Å². The van der Waals surface area contributed by atoms with E-state index in [1.807, 2.05) is 24.3 Å². The van der Waals surface area contributed by atoms with Crippen molar-refractivity contribution in [2.24, 2.45) is 0 Å².